The summed E-state index contributed by atoms with van der Waals surface area (Å²) in [6.45, 7) is 0.443. The third kappa shape index (κ3) is 5.29. The molecule has 0 radical (unpaired) electrons. The highest BCUT2D eigenvalue weighted by molar-refractivity contribution is 7.89. The van der Waals surface area contributed by atoms with E-state index in [9.17, 15) is 18.0 Å². The summed E-state index contributed by atoms with van der Waals surface area (Å²) >= 11 is 5.81. The number of hydrogen-bond donors (Lipinski definition) is 2. The average molecular weight is 452 g/mol. The van der Waals surface area contributed by atoms with Gasteiger partial charge in [-0.25, -0.2) is 13.2 Å². The highest BCUT2D eigenvalue weighted by Crippen LogP contribution is 2.23. The summed E-state index contributed by atoms with van der Waals surface area (Å²) in [5.74, 6) is -1.33. The second-order valence-electron chi connectivity index (χ2n) is 6.85. The standard InChI is InChI=1S/C20H22ClN3O5S/c21-17-8-7-14(11-18(17)22)20(26)29-13-19(25)23-15-5-4-6-16(12-15)30(27,28)24-9-2-1-3-10-24/h4-8,11-12H,1-3,9-10,13,22H2,(H,23,25). The lowest BCUT2D eigenvalue weighted by Crippen LogP contribution is -2.35. The fraction of sp³-hybridized carbons (Fsp3) is 0.300. The van der Waals surface area contributed by atoms with Gasteiger partial charge in [0.15, 0.2) is 6.61 Å². The first-order chi connectivity index (χ1) is 14.3. The van der Waals surface area contributed by atoms with Gasteiger partial charge in [-0.2, -0.15) is 4.31 Å². The number of carbonyl (C=O) groups excluding carboxylic acids is 2. The second kappa shape index (κ2) is 9.46. The van der Waals surface area contributed by atoms with Crippen LogP contribution in [0.25, 0.3) is 0 Å². The van der Waals surface area contributed by atoms with Gasteiger partial charge in [0.25, 0.3) is 5.91 Å². The third-order valence-corrected chi connectivity index (χ3v) is 6.88. The molecule has 0 spiro atoms. The van der Waals surface area contributed by atoms with Crippen LogP contribution in [0, 0.1) is 0 Å². The molecule has 30 heavy (non-hydrogen) atoms. The first-order valence-corrected chi connectivity index (χ1v) is 11.2. The van der Waals surface area contributed by atoms with Crippen LogP contribution in [0.15, 0.2) is 47.4 Å². The minimum absolute atomic E-state index is 0.107. The maximum Gasteiger partial charge on any atom is 0.338 e. The smallest absolute Gasteiger partial charge is 0.338 e. The summed E-state index contributed by atoms with van der Waals surface area (Å²) < 4.78 is 32.0. The van der Waals surface area contributed by atoms with Gasteiger partial charge in [0.1, 0.15) is 0 Å². The molecule has 0 atom stereocenters. The van der Waals surface area contributed by atoms with Crippen LogP contribution >= 0.6 is 11.6 Å². The average Bonchev–Trinajstić information content (AvgIpc) is 2.75. The molecule has 10 heteroatoms. The predicted octanol–water partition coefficient (Wildman–Crippen LogP) is 2.89. The fourth-order valence-electron chi connectivity index (χ4n) is 3.07. The van der Waals surface area contributed by atoms with Crippen LogP contribution in [0.3, 0.4) is 0 Å². The van der Waals surface area contributed by atoms with Crippen molar-refractivity contribution < 1.29 is 22.7 Å². The summed E-state index contributed by atoms with van der Waals surface area (Å²) in [7, 11) is -3.62. The quantitative estimate of drug-likeness (QED) is 0.514. The number of halogens is 1. The number of ether oxygens (including phenoxy) is 1. The monoisotopic (exact) mass is 451 g/mol. The largest absolute Gasteiger partial charge is 0.452 e. The number of amides is 1. The van der Waals surface area contributed by atoms with Gasteiger partial charge in [-0.1, -0.05) is 24.1 Å². The number of piperidine rings is 1. The molecule has 1 fully saturated rings. The van der Waals surface area contributed by atoms with Crippen LogP contribution in [-0.4, -0.2) is 44.3 Å². The zero-order chi connectivity index (χ0) is 21.7. The number of hydrogen-bond acceptors (Lipinski definition) is 6. The summed E-state index contributed by atoms with van der Waals surface area (Å²) in [5.41, 5.74) is 6.33. The van der Waals surface area contributed by atoms with Crippen LogP contribution in [0.5, 0.6) is 0 Å². The van der Waals surface area contributed by atoms with Crippen molar-refractivity contribution in [3.63, 3.8) is 0 Å². The van der Waals surface area contributed by atoms with Crippen molar-refractivity contribution in [2.75, 3.05) is 30.7 Å². The van der Waals surface area contributed by atoms with E-state index in [0.717, 1.165) is 19.3 Å². The summed E-state index contributed by atoms with van der Waals surface area (Å²) in [6.07, 6.45) is 2.68. The number of anilines is 2. The Morgan fingerprint density at radius 3 is 2.53 bits per heavy atom. The van der Waals surface area contributed by atoms with Crippen molar-refractivity contribution in [3.05, 3.63) is 53.1 Å². The number of carbonyl (C=O) groups is 2. The molecule has 0 saturated carbocycles. The van der Waals surface area contributed by atoms with E-state index in [2.05, 4.69) is 5.32 Å². The van der Waals surface area contributed by atoms with E-state index < -0.39 is 28.5 Å². The van der Waals surface area contributed by atoms with Gasteiger partial charge in [0.05, 0.1) is 21.2 Å². The van der Waals surface area contributed by atoms with Crippen LogP contribution in [0.1, 0.15) is 29.6 Å². The van der Waals surface area contributed by atoms with E-state index in [1.807, 2.05) is 0 Å². The fourth-order valence-corrected chi connectivity index (χ4v) is 4.75. The topological polar surface area (TPSA) is 119 Å². The molecule has 1 heterocycles. The van der Waals surface area contributed by atoms with E-state index >= 15 is 0 Å². The normalized spacial score (nSPS) is 14.8. The number of nitrogens with two attached hydrogens (primary N) is 1. The Morgan fingerprint density at radius 2 is 1.83 bits per heavy atom. The van der Waals surface area contributed by atoms with Crippen LogP contribution in [-0.2, 0) is 19.6 Å². The molecular formula is C20H22ClN3O5S. The molecule has 3 rings (SSSR count). The van der Waals surface area contributed by atoms with Crippen molar-refractivity contribution in [3.8, 4) is 0 Å². The van der Waals surface area contributed by atoms with Gasteiger partial charge in [-0.05, 0) is 49.2 Å². The Kier molecular flexibility index (Phi) is 6.96. The third-order valence-electron chi connectivity index (χ3n) is 4.64. The Morgan fingerprint density at radius 1 is 1.10 bits per heavy atom. The number of nitrogens with one attached hydrogen (secondary N) is 1. The Labute approximate surface area is 180 Å². The predicted molar refractivity (Wildman–Crippen MR) is 114 cm³/mol. The minimum Gasteiger partial charge on any atom is -0.452 e. The molecule has 0 aliphatic carbocycles. The molecule has 160 valence electrons. The number of nitrogens with zero attached hydrogens (tertiary/aromatic N) is 1. The summed E-state index contributed by atoms with van der Waals surface area (Å²) in [6, 6.07) is 10.3. The number of nitrogen functional groups attached to an aromatic ring is 1. The van der Waals surface area contributed by atoms with Crippen molar-refractivity contribution in [2.24, 2.45) is 0 Å². The molecular weight excluding hydrogens is 430 g/mol. The summed E-state index contributed by atoms with van der Waals surface area (Å²) in [4.78, 5) is 24.3. The van der Waals surface area contributed by atoms with Gasteiger partial charge in [-0.3, -0.25) is 4.79 Å². The summed E-state index contributed by atoms with van der Waals surface area (Å²) in [5, 5.41) is 2.85. The van der Waals surface area contributed by atoms with Crippen LogP contribution in [0.4, 0.5) is 11.4 Å². The molecule has 2 aromatic rings. The molecule has 2 aromatic carbocycles. The minimum atomic E-state index is -3.62. The molecule has 1 aliphatic rings. The van der Waals surface area contributed by atoms with E-state index in [-0.39, 0.29) is 16.1 Å². The lowest BCUT2D eigenvalue weighted by atomic mass is 10.2. The Hall–Kier alpha value is -2.62. The lowest BCUT2D eigenvalue weighted by molar-refractivity contribution is -0.119. The molecule has 0 bridgehead atoms. The molecule has 1 saturated heterocycles. The zero-order valence-electron chi connectivity index (χ0n) is 16.1. The van der Waals surface area contributed by atoms with Gasteiger partial charge >= 0.3 is 5.97 Å². The maximum atomic E-state index is 12.8. The zero-order valence-corrected chi connectivity index (χ0v) is 17.7. The highest BCUT2D eigenvalue weighted by atomic mass is 35.5. The first kappa shape index (κ1) is 22.1. The second-order valence-corrected chi connectivity index (χ2v) is 9.20. The number of esters is 1. The number of benzene rings is 2. The van der Waals surface area contributed by atoms with Gasteiger partial charge in [-0.15, -0.1) is 0 Å². The highest BCUT2D eigenvalue weighted by Gasteiger charge is 2.26. The van der Waals surface area contributed by atoms with E-state index in [4.69, 9.17) is 22.1 Å². The van der Waals surface area contributed by atoms with Crippen molar-refractivity contribution in [2.45, 2.75) is 24.2 Å². The van der Waals surface area contributed by atoms with Crippen LogP contribution < -0.4 is 11.1 Å². The van der Waals surface area contributed by atoms with Crippen molar-refractivity contribution in [1.82, 2.24) is 4.31 Å². The SMILES string of the molecule is Nc1cc(C(=O)OCC(=O)Nc2cccc(S(=O)(=O)N3CCCCC3)c2)ccc1Cl. The molecule has 3 N–H and O–H groups in total. The number of sulfonamides is 1. The van der Waals surface area contributed by atoms with Gasteiger partial charge in [0, 0.05) is 18.8 Å². The molecule has 1 aliphatic heterocycles. The van der Waals surface area contributed by atoms with Crippen LogP contribution in [0.2, 0.25) is 5.02 Å². The number of rotatable bonds is 6. The van der Waals surface area contributed by atoms with E-state index in [0.29, 0.717) is 23.8 Å². The molecule has 0 unspecified atom stereocenters. The lowest BCUT2D eigenvalue weighted by Gasteiger charge is -2.26. The Balaban J connectivity index is 1.61. The van der Waals surface area contributed by atoms with Crippen molar-refractivity contribution >= 4 is 44.9 Å². The van der Waals surface area contributed by atoms with Gasteiger partial charge in [0.2, 0.25) is 10.0 Å². The molecule has 8 nitrogen and oxygen atoms in total. The Bertz CT molecular complexity index is 1050. The molecule has 1 amide bonds. The molecule has 0 aromatic heterocycles. The first-order valence-electron chi connectivity index (χ1n) is 9.39. The maximum absolute atomic E-state index is 12.8. The van der Waals surface area contributed by atoms with E-state index in [1.54, 1.807) is 12.1 Å². The van der Waals surface area contributed by atoms with E-state index in [1.165, 1.54) is 34.6 Å². The van der Waals surface area contributed by atoms with Crippen molar-refractivity contribution in [1.29, 1.82) is 0 Å². The van der Waals surface area contributed by atoms with Gasteiger partial charge < -0.3 is 15.8 Å².